The summed E-state index contributed by atoms with van der Waals surface area (Å²) in [6, 6.07) is 9.85. The smallest absolute Gasteiger partial charge is 0.320 e. The molecule has 19 heavy (non-hydrogen) atoms. The lowest BCUT2D eigenvalue weighted by atomic mass is 9.89. The van der Waals surface area contributed by atoms with Gasteiger partial charge in [0, 0.05) is 13.0 Å². The lowest BCUT2D eigenvalue weighted by Crippen LogP contribution is -2.39. The predicted octanol–water partition coefficient (Wildman–Crippen LogP) is 1.34. The standard InChI is InChI=1S/C15H19NO3/c1-11(8-12-6-4-3-5-7-12)19-14(18)15(2)10-16-9-13(15)17/h3-7,11,16H,8-10H2,1-2H3. The highest BCUT2D eigenvalue weighted by molar-refractivity contribution is 6.06. The molecule has 0 amide bonds. The zero-order valence-corrected chi connectivity index (χ0v) is 11.3. The van der Waals surface area contributed by atoms with Crippen LogP contribution in [0.25, 0.3) is 0 Å². The summed E-state index contributed by atoms with van der Waals surface area (Å²) in [5.41, 5.74) is 0.0918. The molecule has 4 heteroatoms. The van der Waals surface area contributed by atoms with Crippen molar-refractivity contribution in [1.82, 2.24) is 5.32 Å². The van der Waals surface area contributed by atoms with Crippen LogP contribution < -0.4 is 5.32 Å². The van der Waals surface area contributed by atoms with E-state index in [1.165, 1.54) is 0 Å². The summed E-state index contributed by atoms with van der Waals surface area (Å²) in [7, 11) is 0. The van der Waals surface area contributed by atoms with Crippen molar-refractivity contribution in [3.8, 4) is 0 Å². The van der Waals surface area contributed by atoms with E-state index in [0.29, 0.717) is 13.0 Å². The van der Waals surface area contributed by atoms with Gasteiger partial charge in [-0.3, -0.25) is 9.59 Å². The van der Waals surface area contributed by atoms with E-state index in [4.69, 9.17) is 4.74 Å². The fraction of sp³-hybridized carbons (Fsp3) is 0.467. The maximum absolute atomic E-state index is 12.1. The van der Waals surface area contributed by atoms with Gasteiger partial charge in [-0.2, -0.15) is 0 Å². The number of nitrogens with one attached hydrogen (secondary N) is 1. The average Bonchev–Trinajstić information content (AvgIpc) is 2.72. The van der Waals surface area contributed by atoms with Gasteiger partial charge in [-0.15, -0.1) is 0 Å². The highest BCUT2D eigenvalue weighted by Gasteiger charge is 2.46. The number of hydrogen-bond donors (Lipinski definition) is 1. The van der Waals surface area contributed by atoms with Crippen molar-refractivity contribution in [3.63, 3.8) is 0 Å². The molecule has 1 aromatic rings. The summed E-state index contributed by atoms with van der Waals surface area (Å²) in [6.45, 7) is 4.11. The normalized spacial score (nSPS) is 24.2. The van der Waals surface area contributed by atoms with Crippen molar-refractivity contribution < 1.29 is 14.3 Å². The maximum atomic E-state index is 12.1. The number of ether oxygens (including phenoxy) is 1. The Morgan fingerprint density at radius 2 is 2.11 bits per heavy atom. The molecule has 2 atom stereocenters. The van der Waals surface area contributed by atoms with Crippen molar-refractivity contribution in [3.05, 3.63) is 35.9 Å². The van der Waals surface area contributed by atoms with Crippen LogP contribution in [-0.4, -0.2) is 30.9 Å². The Morgan fingerprint density at radius 1 is 1.42 bits per heavy atom. The van der Waals surface area contributed by atoms with Crippen molar-refractivity contribution >= 4 is 11.8 Å². The van der Waals surface area contributed by atoms with E-state index in [0.717, 1.165) is 5.56 Å². The van der Waals surface area contributed by atoms with Crippen LogP contribution in [0.1, 0.15) is 19.4 Å². The van der Waals surface area contributed by atoms with Gasteiger partial charge in [0.1, 0.15) is 11.5 Å². The van der Waals surface area contributed by atoms with Gasteiger partial charge in [0.05, 0.1) is 6.54 Å². The van der Waals surface area contributed by atoms with Gasteiger partial charge >= 0.3 is 5.97 Å². The van der Waals surface area contributed by atoms with Crippen LogP contribution in [0, 0.1) is 5.41 Å². The minimum absolute atomic E-state index is 0.0931. The van der Waals surface area contributed by atoms with Crippen LogP contribution in [0.2, 0.25) is 0 Å². The van der Waals surface area contributed by atoms with Gasteiger partial charge < -0.3 is 10.1 Å². The number of ketones is 1. The third-order valence-corrected chi connectivity index (χ3v) is 3.50. The number of benzene rings is 1. The molecule has 1 N–H and O–H groups in total. The van der Waals surface area contributed by atoms with E-state index < -0.39 is 11.4 Å². The summed E-state index contributed by atoms with van der Waals surface area (Å²) < 4.78 is 5.41. The van der Waals surface area contributed by atoms with Gasteiger partial charge in [-0.25, -0.2) is 0 Å². The highest BCUT2D eigenvalue weighted by Crippen LogP contribution is 2.24. The van der Waals surface area contributed by atoms with E-state index >= 15 is 0 Å². The Morgan fingerprint density at radius 3 is 2.68 bits per heavy atom. The monoisotopic (exact) mass is 261 g/mol. The summed E-state index contributed by atoms with van der Waals surface area (Å²) in [6.07, 6.45) is 0.421. The Kier molecular flexibility index (Phi) is 4.00. The summed E-state index contributed by atoms with van der Waals surface area (Å²) in [5, 5.41) is 2.92. The molecule has 0 radical (unpaired) electrons. The Hall–Kier alpha value is -1.68. The zero-order chi connectivity index (χ0) is 13.9. The van der Waals surface area contributed by atoms with E-state index in [1.807, 2.05) is 37.3 Å². The second kappa shape index (κ2) is 5.53. The third-order valence-electron chi connectivity index (χ3n) is 3.50. The molecule has 102 valence electrons. The molecule has 0 bridgehead atoms. The van der Waals surface area contributed by atoms with Gasteiger partial charge in [0.15, 0.2) is 5.78 Å². The molecule has 1 heterocycles. The molecule has 0 aliphatic carbocycles. The molecule has 0 spiro atoms. The Balaban J connectivity index is 1.94. The van der Waals surface area contributed by atoms with Crippen molar-refractivity contribution in [2.24, 2.45) is 5.41 Å². The zero-order valence-electron chi connectivity index (χ0n) is 11.3. The summed E-state index contributed by atoms with van der Waals surface area (Å²) >= 11 is 0. The molecule has 2 rings (SSSR count). The number of carbonyl (C=O) groups is 2. The van der Waals surface area contributed by atoms with E-state index in [2.05, 4.69) is 5.32 Å². The van der Waals surface area contributed by atoms with E-state index in [-0.39, 0.29) is 18.4 Å². The number of hydrogen-bond acceptors (Lipinski definition) is 4. The van der Waals surface area contributed by atoms with Gasteiger partial charge in [0.2, 0.25) is 0 Å². The lowest BCUT2D eigenvalue weighted by molar-refractivity contribution is -0.161. The van der Waals surface area contributed by atoms with Crippen LogP contribution in [0.5, 0.6) is 0 Å². The van der Waals surface area contributed by atoms with Crippen molar-refractivity contribution in [1.29, 1.82) is 0 Å². The number of carbonyl (C=O) groups excluding carboxylic acids is 2. The topological polar surface area (TPSA) is 55.4 Å². The number of esters is 1. The van der Waals surface area contributed by atoms with Crippen LogP contribution in [0.15, 0.2) is 30.3 Å². The molecule has 1 aliphatic rings. The van der Waals surface area contributed by atoms with Gasteiger partial charge in [-0.1, -0.05) is 30.3 Å². The number of rotatable bonds is 4. The van der Waals surface area contributed by atoms with Crippen LogP contribution in [-0.2, 0) is 20.7 Å². The van der Waals surface area contributed by atoms with Gasteiger partial charge in [0.25, 0.3) is 0 Å². The minimum Gasteiger partial charge on any atom is -0.462 e. The average molecular weight is 261 g/mol. The third kappa shape index (κ3) is 3.01. The first kappa shape index (κ1) is 13.7. The lowest BCUT2D eigenvalue weighted by Gasteiger charge is -2.22. The molecular formula is C15H19NO3. The first-order chi connectivity index (χ1) is 9.02. The molecule has 0 aromatic heterocycles. The first-order valence-electron chi connectivity index (χ1n) is 6.51. The molecular weight excluding hydrogens is 242 g/mol. The van der Waals surface area contributed by atoms with Gasteiger partial charge in [-0.05, 0) is 19.4 Å². The Labute approximate surface area is 113 Å². The fourth-order valence-electron chi connectivity index (χ4n) is 2.21. The van der Waals surface area contributed by atoms with E-state index in [1.54, 1.807) is 6.92 Å². The predicted molar refractivity (Wildman–Crippen MR) is 71.7 cm³/mol. The van der Waals surface area contributed by atoms with E-state index in [9.17, 15) is 9.59 Å². The van der Waals surface area contributed by atoms with Crippen LogP contribution in [0.4, 0.5) is 0 Å². The van der Waals surface area contributed by atoms with Crippen LogP contribution >= 0.6 is 0 Å². The summed E-state index contributed by atoms with van der Waals surface area (Å²) in [5.74, 6) is -0.518. The SMILES string of the molecule is CC(Cc1ccccc1)OC(=O)C1(C)CNCC1=O. The second-order valence-corrected chi connectivity index (χ2v) is 5.26. The summed E-state index contributed by atoms with van der Waals surface area (Å²) in [4.78, 5) is 23.8. The Bertz CT molecular complexity index is 472. The first-order valence-corrected chi connectivity index (χ1v) is 6.51. The highest BCUT2D eigenvalue weighted by atomic mass is 16.5. The van der Waals surface area contributed by atoms with Crippen LogP contribution in [0.3, 0.4) is 0 Å². The molecule has 1 saturated heterocycles. The molecule has 1 aromatic carbocycles. The molecule has 1 aliphatic heterocycles. The second-order valence-electron chi connectivity index (χ2n) is 5.26. The number of Topliss-reactive ketones (excluding diaryl/α,β-unsaturated/α-hetero) is 1. The van der Waals surface area contributed by atoms with Crippen molar-refractivity contribution in [2.45, 2.75) is 26.4 Å². The quantitative estimate of drug-likeness (QED) is 0.656. The minimum atomic E-state index is -1.02. The molecule has 1 fully saturated rings. The molecule has 4 nitrogen and oxygen atoms in total. The van der Waals surface area contributed by atoms with Crippen molar-refractivity contribution in [2.75, 3.05) is 13.1 Å². The fourth-order valence-corrected chi connectivity index (χ4v) is 2.21. The molecule has 0 saturated carbocycles. The maximum Gasteiger partial charge on any atom is 0.320 e. The molecule has 2 unspecified atom stereocenters. The largest absolute Gasteiger partial charge is 0.462 e.